The summed E-state index contributed by atoms with van der Waals surface area (Å²) in [4.78, 5) is 56.3. The Morgan fingerprint density at radius 1 is 0.971 bits per heavy atom. The number of rotatable bonds is 12. The Morgan fingerprint density at radius 2 is 1.65 bits per heavy atom. The SMILES string of the molecule is CC(NC(=O)C(Cc1cnc[nH]1)NC(=O)C(N)Cc1ccccc1)C(=O)NC(C(=O)O)C(C)C. The van der Waals surface area contributed by atoms with E-state index in [2.05, 4.69) is 25.9 Å². The Morgan fingerprint density at radius 3 is 2.21 bits per heavy atom. The number of nitrogens with zero attached hydrogens (tertiary/aromatic N) is 1. The molecule has 34 heavy (non-hydrogen) atoms. The van der Waals surface area contributed by atoms with Crippen LogP contribution in [0.1, 0.15) is 32.0 Å². The second kappa shape index (κ2) is 12.5. The summed E-state index contributed by atoms with van der Waals surface area (Å²) >= 11 is 0. The highest BCUT2D eigenvalue weighted by molar-refractivity contribution is 5.94. The Labute approximate surface area is 197 Å². The van der Waals surface area contributed by atoms with Crippen LogP contribution in [0.3, 0.4) is 0 Å². The number of aromatic amines is 1. The van der Waals surface area contributed by atoms with Crippen molar-refractivity contribution in [2.24, 2.45) is 11.7 Å². The third-order valence-electron chi connectivity index (χ3n) is 5.23. The second-order valence-corrected chi connectivity index (χ2v) is 8.44. The quantitative estimate of drug-likeness (QED) is 0.246. The van der Waals surface area contributed by atoms with E-state index in [1.165, 1.54) is 19.4 Å². The van der Waals surface area contributed by atoms with Crippen LogP contribution in [0.25, 0.3) is 0 Å². The molecule has 0 saturated carbocycles. The summed E-state index contributed by atoms with van der Waals surface area (Å²) in [7, 11) is 0. The van der Waals surface area contributed by atoms with Gasteiger partial charge in [0.1, 0.15) is 18.1 Å². The van der Waals surface area contributed by atoms with Crippen molar-refractivity contribution in [3.05, 3.63) is 54.1 Å². The zero-order valence-electron chi connectivity index (χ0n) is 19.4. The van der Waals surface area contributed by atoms with E-state index in [0.29, 0.717) is 5.69 Å². The van der Waals surface area contributed by atoms with Crippen LogP contribution >= 0.6 is 0 Å². The number of H-pyrrole nitrogens is 1. The van der Waals surface area contributed by atoms with Gasteiger partial charge in [-0.3, -0.25) is 14.4 Å². The fourth-order valence-corrected chi connectivity index (χ4v) is 3.24. The molecular formula is C23H32N6O5. The topological polar surface area (TPSA) is 179 Å². The number of carboxylic acid groups (broad SMARTS) is 1. The molecule has 11 heteroatoms. The summed E-state index contributed by atoms with van der Waals surface area (Å²) in [5.41, 5.74) is 7.52. The van der Waals surface area contributed by atoms with Crippen LogP contribution in [-0.2, 0) is 32.0 Å². The minimum absolute atomic E-state index is 0.0910. The molecule has 1 heterocycles. The first kappa shape index (κ1) is 26.5. The van der Waals surface area contributed by atoms with Gasteiger partial charge in [0, 0.05) is 18.3 Å². The van der Waals surface area contributed by atoms with E-state index in [0.717, 1.165) is 5.56 Å². The lowest BCUT2D eigenvalue weighted by Crippen LogP contribution is -2.57. The molecule has 3 amide bonds. The zero-order chi connectivity index (χ0) is 25.3. The lowest BCUT2D eigenvalue weighted by atomic mass is 10.0. The molecule has 4 unspecified atom stereocenters. The Balaban J connectivity index is 2.05. The van der Waals surface area contributed by atoms with Crippen molar-refractivity contribution in [2.75, 3.05) is 0 Å². The fraction of sp³-hybridized carbons (Fsp3) is 0.435. The van der Waals surface area contributed by atoms with Crippen molar-refractivity contribution in [1.29, 1.82) is 0 Å². The molecule has 1 aromatic heterocycles. The number of hydrogen-bond acceptors (Lipinski definition) is 6. The number of carbonyl (C=O) groups is 4. The standard InChI is InChI=1S/C23H32N6O5/c1-13(2)19(23(33)34)29-20(30)14(3)27-22(32)18(10-16-11-25-12-26-16)28-21(31)17(24)9-15-7-5-4-6-8-15/h4-8,11-14,17-19H,9-10,24H2,1-3H3,(H,25,26)(H,27,32)(H,28,31)(H,29,30)(H,33,34). The number of benzene rings is 1. The number of amides is 3. The van der Waals surface area contributed by atoms with Crippen molar-refractivity contribution in [1.82, 2.24) is 25.9 Å². The molecule has 184 valence electrons. The second-order valence-electron chi connectivity index (χ2n) is 8.44. The predicted octanol–water partition coefficient (Wildman–Crippen LogP) is -0.263. The van der Waals surface area contributed by atoms with Crippen molar-refractivity contribution in [3.63, 3.8) is 0 Å². The van der Waals surface area contributed by atoms with Crippen LogP contribution in [0.15, 0.2) is 42.9 Å². The van der Waals surface area contributed by atoms with Crippen LogP contribution in [0.2, 0.25) is 0 Å². The van der Waals surface area contributed by atoms with Crippen LogP contribution in [0, 0.1) is 5.92 Å². The summed E-state index contributed by atoms with van der Waals surface area (Å²) in [6.45, 7) is 4.76. The summed E-state index contributed by atoms with van der Waals surface area (Å²) in [6.07, 6.45) is 3.34. The Kier molecular flexibility index (Phi) is 9.75. The molecule has 2 rings (SSSR count). The lowest BCUT2D eigenvalue weighted by Gasteiger charge is -2.24. The van der Waals surface area contributed by atoms with Gasteiger partial charge in [-0.25, -0.2) is 9.78 Å². The number of aromatic nitrogens is 2. The van der Waals surface area contributed by atoms with Crippen molar-refractivity contribution in [3.8, 4) is 0 Å². The first-order chi connectivity index (χ1) is 16.1. The highest BCUT2D eigenvalue weighted by atomic mass is 16.4. The molecule has 7 N–H and O–H groups in total. The van der Waals surface area contributed by atoms with E-state index in [-0.39, 0.29) is 18.8 Å². The van der Waals surface area contributed by atoms with Gasteiger partial charge in [-0.2, -0.15) is 0 Å². The molecule has 2 aromatic rings. The summed E-state index contributed by atoms with van der Waals surface area (Å²) in [6, 6.07) is 5.19. The highest BCUT2D eigenvalue weighted by Crippen LogP contribution is 2.05. The van der Waals surface area contributed by atoms with E-state index in [4.69, 9.17) is 5.73 Å². The molecule has 0 aliphatic carbocycles. The molecule has 0 saturated heterocycles. The number of aliphatic carboxylic acids is 1. The van der Waals surface area contributed by atoms with Crippen LogP contribution in [0.4, 0.5) is 0 Å². The average molecular weight is 473 g/mol. The third kappa shape index (κ3) is 8.00. The van der Waals surface area contributed by atoms with Gasteiger partial charge in [-0.05, 0) is 24.8 Å². The van der Waals surface area contributed by atoms with Gasteiger partial charge in [0.25, 0.3) is 0 Å². The molecule has 0 radical (unpaired) electrons. The van der Waals surface area contributed by atoms with Gasteiger partial charge >= 0.3 is 5.97 Å². The van der Waals surface area contributed by atoms with E-state index in [1.807, 2.05) is 30.3 Å². The van der Waals surface area contributed by atoms with Gasteiger partial charge in [0.05, 0.1) is 12.4 Å². The molecule has 4 atom stereocenters. The minimum atomic E-state index is -1.17. The zero-order valence-corrected chi connectivity index (χ0v) is 19.4. The minimum Gasteiger partial charge on any atom is -0.480 e. The average Bonchev–Trinajstić information content (AvgIpc) is 3.30. The smallest absolute Gasteiger partial charge is 0.326 e. The van der Waals surface area contributed by atoms with Gasteiger partial charge in [0.15, 0.2) is 0 Å². The normalized spacial score (nSPS) is 14.5. The van der Waals surface area contributed by atoms with E-state index >= 15 is 0 Å². The summed E-state index contributed by atoms with van der Waals surface area (Å²) in [5, 5.41) is 16.9. The maximum absolute atomic E-state index is 13.0. The van der Waals surface area contributed by atoms with Crippen molar-refractivity contribution < 1.29 is 24.3 Å². The fourth-order valence-electron chi connectivity index (χ4n) is 3.24. The lowest BCUT2D eigenvalue weighted by molar-refractivity contribution is -0.143. The maximum atomic E-state index is 13.0. The number of carboxylic acids is 1. The summed E-state index contributed by atoms with van der Waals surface area (Å²) in [5.74, 6) is -3.30. The molecule has 11 nitrogen and oxygen atoms in total. The third-order valence-corrected chi connectivity index (χ3v) is 5.23. The van der Waals surface area contributed by atoms with E-state index < -0.39 is 47.9 Å². The number of carbonyl (C=O) groups excluding carboxylic acids is 3. The highest BCUT2D eigenvalue weighted by Gasteiger charge is 2.29. The van der Waals surface area contributed by atoms with Gasteiger partial charge in [-0.15, -0.1) is 0 Å². The van der Waals surface area contributed by atoms with E-state index in [9.17, 15) is 24.3 Å². The molecule has 0 aliphatic rings. The molecule has 0 aliphatic heterocycles. The van der Waals surface area contributed by atoms with Crippen molar-refractivity contribution in [2.45, 2.75) is 57.8 Å². The van der Waals surface area contributed by atoms with Gasteiger partial charge < -0.3 is 31.8 Å². The molecular weight excluding hydrogens is 440 g/mol. The van der Waals surface area contributed by atoms with Crippen LogP contribution < -0.4 is 21.7 Å². The molecule has 0 fully saturated rings. The molecule has 0 spiro atoms. The first-order valence-electron chi connectivity index (χ1n) is 11.0. The van der Waals surface area contributed by atoms with E-state index in [1.54, 1.807) is 13.8 Å². The number of nitrogens with one attached hydrogen (secondary N) is 4. The van der Waals surface area contributed by atoms with Gasteiger partial charge in [-0.1, -0.05) is 44.2 Å². The number of hydrogen-bond donors (Lipinski definition) is 6. The van der Waals surface area contributed by atoms with Crippen LogP contribution in [0.5, 0.6) is 0 Å². The monoisotopic (exact) mass is 472 g/mol. The number of imidazole rings is 1. The predicted molar refractivity (Wildman–Crippen MR) is 124 cm³/mol. The first-order valence-corrected chi connectivity index (χ1v) is 11.0. The Hall–Kier alpha value is -3.73. The van der Waals surface area contributed by atoms with Crippen LogP contribution in [-0.4, -0.2) is 62.9 Å². The summed E-state index contributed by atoms with van der Waals surface area (Å²) < 4.78 is 0. The van der Waals surface area contributed by atoms with Crippen molar-refractivity contribution >= 4 is 23.7 Å². The maximum Gasteiger partial charge on any atom is 0.326 e. The Bertz CT molecular complexity index is 963. The largest absolute Gasteiger partial charge is 0.480 e. The molecule has 1 aromatic carbocycles. The van der Waals surface area contributed by atoms with Gasteiger partial charge in [0.2, 0.25) is 17.7 Å². The number of nitrogens with two attached hydrogens (primary N) is 1. The molecule has 0 bridgehead atoms.